The maximum absolute atomic E-state index is 12.1. The van der Waals surface area contributed by atoms with Crippen molar-refractivity contribution in [1.29, 1.82) is 0 Å². The van der Waals surface area contributed by atoms with Crippen molar-refractivity contribution in [2.24, 2.45) is 5.92 Å². The minimum Gasteiger partial charge on any atom is -0.269 e. The predicted molar refractivity (Wildman–Crippen MR) is 69.6 cm³/mol. The van der Waals surface area contributed by atoms with Crippen LogP contribution in [-0.4, -0.2) is 20.8 Å². The van der Waals surface area contributed by atoms with Gasteiger partial charge in [0.15, 0.2) is 0 Å². The number of benzene rings is 1. The maximum Gasteiger partial charge on any atom is 0.262 e. The molecule has 0 fully saturated rings. The molecular weight excluding hydrogens is 317 g/mol. The van der Waals surface area contributed by atoms with Crippen LogP contribution in [0.3, 0.4) is 0 Å². The Bertz CT molecular complexity index is 421. The highest BCUT2D eigenvalue weighted by Gasteiger charge is 2.39. The van der Waals surface area contributed by atoms with E-state index in [1.165, 1.54) is 4.90 Å². The molecular formula is C12H12INO2. The number of hydrogen-bond acceptors (Lipinski definition) is 2. The zero-order valence-electron chi connectivity index (χ0n) is 9.11. The molecule has 0 spiro atoms. The zero-order valence-corrected chi connectivity index (χ0v) is 11.3. The Morgan fingerprint density at radius 2 is 1.50 bits per heavy atom. The summed E-state index contributed by atoms with van der Waals surface area (Å²) in [5.41, 5.74) is 1.05. The molecule has 0 N–H and O–H groups in total. The molecule has 1 aliphatic heterocycles. The van der Waals surface area contributed by atoms with Gasteiger partial charge in [-0.1, -0.05) is 48.6 Å². The number of halogens is 1. The Labute approximate surface area is 108 Å². The van der Waals surface area contributed by atoms with Crippen LogP contribution in [0.4, 0.5) is 0 Å². The summed E-state index contributed by atoms with van der Waals surface area (Å²) in [6.45, 7) is 4.00. The molecule has 1 aromatic rings. The second-order valence-corrected chi connectivity index (χ2v) is 5.42. The van der Waals surface area contributed by atoms with Crippen LogP contribution >= 0.6 is 22.6 Å². The number of rotatable bonds is 2. The highest BCUT2D eigenvalue weighted by Crippen LogP contribution is 2.29. The van der Waals surface area contributed by atoms with E-state index in [0.29, 0.717) is 11.1 Å². The molecule has 1 aromatic carbocycles. The van der Waals surface area contributed by atoms with Gasteiger partial charge in [-0.25, -0.2) is 0 Å². The average Bonchev–Trinajstić information content (AvgIpc) is 2.52. The van der Waals surface area contributed by atoms with Crippen LogP contribution in [-0.2, 0) is 0 Å². The zero-order chi connectivity index (χ0) is 11.9. The summed E-state index contributed by atoms with van der Waals surface area (Å²) in [6, 6.07) is 6.98. The molecule has 0 saturated carbocycles. The first-order chi connectivity index (χ1) is 7.54. The first kappa shape index (κ1) is 11.6. The summed E-state index contributed by atoms with van der Waals surface area (Å²) in [5, 5.41) is 0. The van der Waals surface area contributed by atoms with E-state index in [2.05, 4.69) is 22.6 Å². The van der Waals surface area contributed by atoms with E-state index >= 15 is 0 Å². The standard InChI is InChI=1S/C12H12INO2/c1-7(2)10(13)14-11(15)8-5-3-4-6-9(8)12(14)16/h3-7,10H,1-2H3. The van der Waals surface area contributed by atoms with Crippen molar-refractivity contribution >= 4 is 34.4 Å². The molecule has 1 atom stereocenters. The van der Waals surface area contributed by atoms with E-state index in [4.69, 9.17) is 0 Å². The molecule has 2 amide bonds. The lowest BCUT2D eigenvalue weighted by Crippen LogP contribution is -2.38. The summed E-state index contributed by atoms with van der Waals surface area (Å²) in [6.07, 6.45) is 0. The van der Waals surface area contributed by atoms with Crippen molar-refractivity contribution in [3.63, 3.8) is 0 Å². The minimum atomic E-state index is -0.172. The Kier molecular flexibility index (Phi) is 3.01. The van der Waals surface area contributed by atoms with Crippen molar-refractivity contribution in [2.45, 2.75) is 17.9 Å². The van der Waals surface area contributed by atoms with Gasteiger partial charge in [0.25, 0.3) is 11.8 Å². The Morgan fingerprint density at radius 1 is 1.06 bits per heavy atom. The van der Waals surface area contributed by atoms with Gasteiger partial charge in [-0.05, 0) is 18.1 Å². The third-order valence-electron chi connectivity index (χ3n) is 2.62. The number of fused-ring (bicyclic) bond motifs is 1. The molecule has 3 nitrogen and oxygen atoms in total. The third-order valence-corrected chi connectivity index (χ3v) is 4.62. The number of carbonyl (C=O) groups excluding carboxylic acids is 2. The second kappa shape index (κ2) is 4.16. The molecule has 16 heavy (non-hydrogen) atoms. The van der Waals surface area contributed by atoms with Crippen molar-refractivity contribution in [3.8, 4) is 0 Å². The molecule has 2 rings (SSSR count). The minimum absolute atomic E-state index is 0.0926. The molecule has 0 saturated heterocycles. The van der Waals surface area contributed by atoms with Gasteiger partial charge in [0.05, 0.1) is 15.2 Å². The number of alkyl halides is 1. The maximum atomic E-state index is 12.1. The second-order valence-electron chi connectivity index (χ2n) is 4.14. The quantitative estimate of drug-likeness (QED) is 0.362. The van der Waals surface area contributed by atoms with Crippen LogP contribution in [0, 0.1) is 5.92 Å². The predicted octanol–water partition coefficient (Wildman–Crippen LogP) is 2.70. The topological polar surface area (TPSA) is 37.4 Å². The number of amides is 2. The van der Waals surface area contributed by atoms with Gasteiger partial charge in [0.1, 0.15) is 0 Å². The summed E-state index contributed by atoms with van der Waals surface area (Å²) in [5.74, 6) is -0.0924. The largest absolute Gasteiger partial charge is 0.269 e. The Balaban J connectivity index is 2.43. The lowest BCUT2D eigenvalue weighted by atomic mass is 10.1. The highest BCUT2D eigenvalue weighted by atomic mass is 127. The van der Waals surface area contributed by atoms with Crippen LogP contribution in [0.2, 0.25) is 0 Å². The monoisotopic (exact) mass is 329 g/mol. The van der Waals surface area contributed by atoms with Crippen LogP contribution < -0.4 is 0 Å². The van der Waals surface area contributed by atoms with Crippen molar-refractivity contribution < 1.29 is 9.59 Å². The Morgan fingerprint density at radius 3 is 1.88 bits per heavy atom. The van der Waals surface area contributed by atoms with E-state index in [1.807, 2.05) is 13.8 Å². The van der Waals surface area contributed by atoms with E-state index < -0.39 is 0 Å². The molecule has 0 radical (unpaired) electrons. The molecule has 84 valence electrons. The van der Waals surface area contributed by atoms with E-state index in [9.17, 15) is 9.59 Å². The van der Waals surface area contributed by atoms with Gasteiger partial charge < -0.3 is 0 Å². The SMILES string of the molecule is CC(C)C(I)N1C(=O)c2ccccc2C1=O. The fourth-order valence-electron chi connectivity index (χ4n) is 1.73. The molecule has 1 unspecified atom stereocenters. The van der Waals surface area contributed by atoms with Crippen LogP contribution in [0.25, 0.3) is 0 Å². The first-order valence-electron chi connectivity index (χ1n) is 5.15. The van der Waals surface area contributed by atoms with Gasteiger partial charge >= 0.3 is 0 Å². The van der Waals surface area contributed by atoms with Crippen molar-refractivity contribution in [1.82, 2.24) is 4.90 Å². The highest BCUT2D eigenvalue weighted by molar-refractivity contribution is 14.1. The normalized spacial score (nSPS) is 16.9. The van der Waals surface area contributed by atoms with E-state index in [-0.39, 0.29) is 21.8 Å². The smallest absolute Gasteiger partial charge is 0.262 e. The van der Waals surface area contributed by atoms with E-state index in [1.54, 1.807) is 24.3 Å². The molecule has 1 aliphatic rings. The summed E-state index contributed by atoms with van der Waals surface area (Å²) < 4.78 is -0.0926. The molecule has 4 heteroatoms. The van der Waals surface area contributed by atoms with Gasteiger partial charge in [0, 0.05) is 0 Å². The lowest BCUT2D eigenvalue weighted by Gasteiger charge is -2.23. The molecule has 0 aromatic heterocycles. The average molecular weight is 329 g/mol. The van der Waals surface area contributed by atoms with Gasteiger partial charge in [0.2, 0.25) is 0 Å². The number of carbonyl (C=O) groups is 2. The number of hydrogen-bond donors (Lipinski definition) is 0. The van der Waals surface area contributed by atoms with E-state index in [0.717, 1.165) is 0 Å². The number of imide groups is 1. The molecule has 1 heterocycles. The number of nitrogens with zero attached hydrogens (tertiary/aromatic N) is 1. The third kappa shape index (κ3) is 1.65. The van der Waals surface area contributed by atoms with Gasteiger partial charge in [-0.3, -0.25) is 14.5 Å². The fourth-order valence-corrected chi connectivity index (χ4v) is 2.24. The fraction of sp³-hybridized carbons (Fsp3) is 0.333. The summed E-state index contributed by atoms with van der Waals surface area (Å²) >= 11 is 2.15. The summed E-state index contributed by atoms with van der Waals surface area (Å²) in [7, 11) is 0. The Hall–Kier alpha value is -0.910. The molecule has 0 aliphatic carbocycles. The van der Waals surface area contributed by atoms with Crippen LogP contribution in [0.15, 0.2) is 24.3 Å². The van der Waals surface area contributed by atoms with Crippen molar-refractivity contribution in [2.75, 3.05) is 0 Å². The lowest BCUT2D eigenvalue weighted by molar-refractivity contribution is 0.0623. The first-order valence-corrected chi connectivity index (χ1v) is 6.39. The molecule has 0 bridgehead atoms. The van der Waals surface area contributed by atoms with Gasteiger partial charge in [-0.15, -0.1) is 0 Å². The van der Waals surface area contributed by atoms with Crippen molar-refractivity contribution in [3.05, 3.63) is 35.4 Å². The van der Waals surface area contributed by atoms with Crippen LogP contribution in [0.5, 0.6) is 0 Å². The van der Waals surface area contributed by atoms with Crippen LogP contribution in [0.1, 0.15) is 34.6 Å². The summed E-state index contributed by atoms with van der Waals surface area (Å²) in [4.78, 5) is 25.5. The van der Waals surface area contributed by atoms with Gasteiger partial charge in [-0.2, -0.15) is 0 Å².